The molecule has 1 aliphatic heterocycles. The highest BCUT2D eigenvalue weighted by Gasteiger charge is 2.12. The molecule has 1 fully saturated rings. The van der Waals surface area contributed by atoms with Gasteiger partial charge in [0.2, 0.25) is 0 Å². The van der Waals surface area contributed by atoms with E-state index in [1.165, 1.54) is 19.6 Å². The third-order valence-electron chi connectivity index (χ3n) is 5.61. The maximum atomic E-state index is 9.67. The van der Waals surface area contributed by atoms with E-state index in [-0.39, 0.29) is 4.70 Å². The van der Waals surface area contributed by atoms with Crippen LogP contribution in [0.5, 0.6) is 11.5 Å². The lowest BCUT2D eigenvalue weighted by Gasteiger charge is -2.10. The Balaban J connectivity index is 0.000000343. The Kier molecular flexibility index (Phi) is 13.6. The van der Waals surface area contributed by atoms with E-state index in [2.05, 4.69) is 33.7 Å². The highest BCUT2D eigenvalue weighted by Crippen LogP contribution is 2.25. The van der Waals surface area contributed by atoms with Gasteiger partial charge in [-0.2, -0.15) is 0 Å². The first-order valence-electron chi connectivity index (χ1n) is 12.1. The minimum atomic E-state index is -3.67. The molecule has 13 heteroatoms. The molecule has 0 spiro atoms. The van der Waals surface area contributed by atoms with Crippen LogP contribution in [-0.2, 0) is 13.5 Å². The van der Waals surface area contributed by atoms with Crippen LogP contribution in [-0.4, -0.2) is 69.8 Å². The van der Waals surface area contributed by atoms with Gasteiger partial charge >= 0.3 is 7.54 Å². The standard InChI is InChI=1S/C20H18N4O2.C6H14N2.BF3.FH/c1-5-19(25-15-23-11-9-21-13-23)6-2-17(1)18-3-7-20(8-4-18)26-16-24-12-10-22-14-24;1-3-8-5-4-7(2)6-8;2-1(3)4;/h1-14H,15-16H2;3-6H2,1-2H3;;1H/p-1. The minimum absolute atomic E-state index is 0. The van der Waals surface area contributed by atoms with Gasteiger partial charge in [-0.15, -0.1) is 0 Å². The molecule has 3 heterocycles. The fourth-order valence-corrected chi connectivity index (χ4v) is 3.56. The van der Waals surface area contributed by atoms with Crippen molar-refractivity contribution in [1.82, 2.24) is 28.9 Å². The summed E-state index contributed by atoms with van der Waals surface area (Å²) in [7, 11) is -1.50. The van der Waals surface area contributed by atoms with Crippen molar-refractivity contribution >= 4 is 7.54 Å². The van der Waals surface area contributed by atoms with E-state index in [4.69, 9.17) is 9.47 Å². The molecule has 0 amide bonds. The first kappa shape index (κ1) is 31.4. The van der Waals surface area contributed by atoms with Crippen LogP contribution in [0.25, 0.3) is 11.1 Å². The Bertz CT molecular complexity index is 1070. The Labute approximate surface area is 226 Å². The Morgan fingerprint density at radius 2 is 1.21 bits per heavy atom. The van der Waals surface area contributed by atoms with Crippen molar-refractivity contribution in [3.8, 4) is 22.6 Å². The predicted octanol–water partition coefficient (Wildman–Crippen LogP) is 1.91. The summed E-state index contributed by atoms with van der Waals surface area (Å²) in [4.78, 5) is 12.7. The van der Waals surface area contributed by atoms with Crippen LogP contribution in [0.15, 0.2) is 86.0 Å². The van der Waals surface area contributed by atoms with Crippen molar-refractivity contribution in [2.24, 2.45) is 0 Å². The summed E-state index contributed by atoms with van der Waals surface area (Å²) in [6.45, 7) is 7.96. The average Bonchev–Trinajstić information content (AvgIpc) is 3.71. The lowest BCUT2D eigenvalue weighted by Crippen LogP contribution is -3.00. The van der Waals surface area contributed by atoms with Gasteiger partial charge in [0.25, 0.3) is 0 Å². The van der Waals surface area contributed by atoms with Crippen molar-refractivity contribution in [3.63, 3.8) is 0 Å². The predicted molar refractivity (Wildman–Crippen MR) is 141 cm³/mol. The molecule has 1 saturated heterocycles. The quantitative estimate of drug-likeness (QED) is 0.248. The fourth-order valence-electron chi connectivity index (χ4n) is 3.56. The number of ether oxygens (including phenoxy) is 2. The molecule has 8 nitrogen and oxygen atoms in total. The van der Waals surface area contributed by atoms with Crippen LogP contribution < -0.4 is 14.2 Å². The Morgan fingerprint density at radius 3 is 1.49 bits per heavy atom. The van der Waals surface area contributed by atoms with E-state index in [0.717, 1.165) is 29.3 Å². The summed E-state index contributed by atoms with van der Waals surface area (Å²) in [5.41, 5.74) is 2.25. The van der Waals surface area contributed by atoms with E-state index in [1.54, 1.807) is 25.0 Å². The van der Waals surface area contributed by atoms with Crippen LogP contribution in [0.1, 0.15) is 6.92 Å². The lowest BCUT2D eigenvalue weighted by atomic mass is 10.1. The number of aromatic nitrogens is 4. The van der Waals surface area contributed by atoms with Gasteiger partial charge in [0.1, 0.15) is 11.5 Å². The van der Waals surface area contributed by atoms with Crippen molar-refractivity contribution in [3.05, 3.63) is 86.0 Å². The number of halogens is 4. The minimum Gasteiger partial charge on any atom is -1.00 e. The first-order chi connectivity index (χ1) is 18.4. The molecule has 210 valence electrons. The number of likely N-dealkylation sites (N-methyl/N-ethyl adjacent to an activating group) is 2. The number of hydrogen-bond donors (Lipinski definition) is 0. The SMILES string of the molecule is CCN1CCN(C)C1.FB(F)F.[F-].c1cn(COc2ccc(-c3ccc(OCn4ccnc4)cc3)cc2)cn1. The van der Waals surface area contributed by atoms with Gasteiger partial charge in [-0.05, 0) is 49.0 Å². The van der Waals surface area contributed by atoms with Gasteiger partial charge in [-0.3, -0.25) is 22.7 Å². The molecule has 0 atom stereocenters. The van der Waals surface area contributed by atoms with E-state index in [0.29, 0.717) is 13.5 Å². The monoisotopic (exact) mass is 547 g/mol. The van der Waals surface area contributed by atoms with Gasteiger partial charge in [0, 0.05) is 37.9 Å². The van der Waals surface area contributed by atoms with E-state index in [9.17, 15) is 12.9 Å². The molecule has 2 aromatic heterocycles. The smallest absolute Gasteiger partial charge is 0.762 e. The van der Waals surface area contributed by atoms with Crippen LogP contribution >= 0.6 is 0 Å². The van der Waals surface area contributed by atoms with Crippen molar-refractivity contribution in [2.45, 2.75) is 20.4 Å². The van der Waals surface area contributed by atoms with Crippen LogP contribution in [0.4, 0.5) is 12.9 Å². The zero-order valence-electron chi connectivity index (χ0n) is 21.9. The molecule has 5 rings (SSSR count). The van der Waals surface area contributed by atoms with Crippen LogP contribution in [0, 0.1) is 0 Å². The molecule has 39 heavy (non-hydrogen) atoms. The number of benzene rings is 2. The second kappa shape index (κ2) is 16.9. The number of hydrogen-bond acceptors (Lipinski definition) is 6. The van der Waals surface area contributed by atoms with Crippen molar-refractivity contribution in [2.75, 3.05) is 33.4 Å². The number of imidazole rings is 2. The molecule has 0 N–H and O–H groups in total. The highest BCUT2D eigenvalue weighted by molar-refractivity contribution is 6.33. The zero-order valence-corrected chi connectivity index (χ0v) is 21.9. The molecule has 1 aliphatic rings. The van der Waals surface area contributed by atoms with E-state index < -0.39 is 7.54 Å². The summed E-state index contributed by atoms with van der Waals surface area (Å²) in [6.07, 6.45) is 10.6. The van der Waals surface area contributed by atoms with Crippen molar-refractivity contribution in [1.29, 1.82) is 0 Å². The second-order valence-electron chi connectivity index (χ2n) is 8.43. The maximum absolute atomic E-state index is 9.67. The number of nitrogens with zero attached hydrogens (tertiary/aromatic N) is 6. The summed E-state index contributed by atoms with van der Waals surface area (Å²) in [6, 6.07) is 16.1. The molecule has 0 saturated carbocycles. The summed E-state index contributed by atoms with van der Waals surface area (Å²) in [5.74, 6) is 1.64. The Morgan fingerprint density at radius 1 is 0.769 bits per heavy atom. The third kappa shape index (κ3) is 11.6. The van der Waals surface area contributed by atoms with Gasteiger partial charge in [0.15, 0.2) is 13.5 Å². The molecular weight excluding hydrogens is 515 g/mol. The molecule has 0 aliphatic carbocycles. The molecule has 0 radical (unpaired) electrons. The summed E-state index contributed by atoms with van der Waals surface area (Å²) < 4.78 is 44.2. The first-order valence-corrected chi connectivity index (χ1v) is 12.1. The number of rotatable bonds is 8. The summed E-state index contributed by atoms with van der Waals surface area (Å²) in [5, 5.41) is 0. The molecular formula is C26H32BF4N6O2-. The van der Waals surface area contributed by atoms with Gasteiger partial charge in [-0.1, -0.05) is 31.2 Å². The molecule has 0 bridgehead atoms. The lowest BCUT2D eigenvalue weighted by molar-refractivity contribution is -0.0000117. The maximum Gasteiger partial charge on any atom is 0.762 e. The van der Waals surface area contributed by atoms with Gasteiger partial charge in [0.05, 0.1) is 19.3 Å². The highest BCUT2D eigenvalue weighted by atomic mass is 19.4. The molecule has 4 aromatic rings. The van der Waals surface area contributed by atoms with Crippen molar-refractivity contribution < 1.29 is 27.1 Å². The largest absolute Gasteiger partial charge is 1.00 e. The average molecular weight is 547 g/mol. The topological polar surface area (TPSA) is 60.6 Å². The fraction of sp³-hybridized carbons (Fsp3) is 0.308. The molecule has 2 aromatic carbocycles. The zero-order chi connectivity index (χ0) is 27.2. The van der Waals surface area contributed by atoms with Crippen LogP contribution in [0.3, 0.4) is 0 Å². The second-order valence-corrected chi connectivity index (χ2v) is 8.43. The Hall–Kier alpha value is -3.84. The molecule has 0 unspecified atom stereocenters. The third-order valence-corrected chi connectivity index (χ3v) is 5.61. The van der Waals surface area contributed by atoms with Gasteiger partial charge in [-0.25, -0.2) is 9.97 Å². The van der Waals surface area contributed by atoms with E-state index >= 15 is 0 Å². The van der Waals surface area contributed by atoms with Crippen LogP contribution in [0.2, 0.25) is 0 Å². The summed E-state index contributed by atoms with van der Waals surface area (Å²) >= 11 is 0. The normalized spacial score (nSPS) is 12.8. The van der Waals surface area contributed by atoms with Gasteiger partial charge < -0.3 is 23.3 Å². The van der Waals surface area contributed by atoms with E-state index in [1.807, 2.05) is 70.1 Å².